The van der Waals surface area contributed by atoms with Crippen molar-refractivity contribution in [1.82, 2.24) is 15.2 Å². The molecule has 0 aliphatic heterocycles. The zero-order valence-corrected chi connectivity index (χ0v) is 12.4. The van der Waals surface area contributed by atoms with Gasteiger partial charge in [-0.2, -0.15) is 0 Å². The van der Waals surface area contributed by atoms with Crippen LogP contribution in [0.1, 0.15) is 44.0 Å². The fourth-order valence-electron chi connectivity index (χ4n) is 1.68. The highest BCUT2D eigenvalue weighted by Crippen LogP contribution is 2.07. The van der Waals surface area contributed by atoms with Crippen LogP contribution in [0.5, 0.6) is 0 Å². The van der Waals surface area contributed by atoms with Crippen molar-refractivity contribution in [2.75, 3.05) is 20.1 Å². The molecule has 0 saturated heterocycles. The number of nitrogens with one attached hydrogen (secondary N) is 1. The van der Waals surface area contributed by atoms with Gasteiger partial charge < -0.3 is 14.6 Å². The van der Waals surface area contributed by atoms with Crippen LogP contribution in [-0.2, 0) is 6.54 Å². The summed E-state index contributed by atoms with van der Waals surface area (Å²) >= 11 is 0. The Hall–Kier alpha value is -0.870. The highest BCUT2D eigenvalue weighted by Gasteiger charge is 2.05. The highest BCUT2D eigenvalue weighted by molar-refractivity contribution is 5.04. The molecule has 104 valence electrons. The Labute approximate surface area is 111 Å². The Morgan fingerprint density at radius 1 is 1.28 bits per heavy atom. The molecule has 0 bridgehead atoms. The Morgan fingerprint density at radius 2 is 2.00 bits per heavy atom. The minimum Gasteiger partial charge on any atom is -0.444 e. The molecule has 0 unspecified atom stereocenters. The summed E-state index contributed by atoms with van der Waals surface area (Å²) in [5.41, 5.74) is 0.991. The molecule has 1 N–H and O–H groups in total. The van der Waals surface area contributed by atoms with Crippen molar-refractivity contribution in [2.24, 2.45) is 0 Å². The molecule has 1 aromatic heterocycles. The van der Waals surface area contributed by atoms with Crippen molar-refractivity contribution >= 4 is 0 Å². The van der Waals surface area contributed by atoms with Crippen LogP contribution in [0.25, 0.3) is 0 Å². The van der Waals surface area contributed by atoms with Gasteiger partial charge in [-0.1, -0.05) is 0 Å². The minimum atomic E-state index is 0.635. The average molecular weight is 253 g/mol. The van der Waals surface area contributed by atoms with Crippen LogP contribution in [0.3, 0.4) is 0 Å². The quantitative estimate of drug-likeness (QED) is 0.723. The largest absolute Gasteiger partial charge is 0.444 e. The van der Waals surface area contributed by atoms with Gasteiger partial charge in [0.1, 0.15) is 5.76 Å². The van der Waals surface area contributed by atoms with Crippen molar-refractivity contribution in [1.29, 1.82) is 0 Å². The van der Waals surface area contributed by atoms with Gasteiger partial charge in [-0.3, -0.25) is 0 Å². The lowest BCUT2D eigenvalue weighted by molar-refractivity contribution is 0.267. The fourth-order valence-corrected chi connectivity index (χ4v) is 1.68. The predicted octanol–water partition coefficient (Wildman–Crippen LogP) is 2.50. The Morgan fingerprint density at radius 3 is 2.56 bits per heavy atom. The summed E-state index contributed by atoms with van der Waals surface area (Å²) in [4.78, 5) is 6.72. The lowest BCUT2D eigenvalue weighted by atomic mass is 10.2. The second-order valence-electron chi connectivity index (χ2n) is 5.21. The maximum absolute atomic E-state index is 5.51. The molecule has 4 heteroatoms. The summed E-state index contributed by atoms with van der Waals surface area (Å²) < 4.78 is 5.51. The third-order valence-corrected chi connectivity index (χ3v) is 3.34. The van der Waals surface area contributed by atoms with Crippen molar-refractivity contribution < 1.29 is 4.42 Å². The summed E-state index contributed by atoms with van der Waals surface area (Å²) in [6.07, 6.45) is 2.42. The molecule has 0 aromatic carbocycles. The van der Waals surface area contributed by atoms with E-state index in [2.05, 4.69) is 36.1 Å². The zero-order valence-electron chi connectivity index (χ0n) is 12.4. The molecule has 0 spiro atoms. The summed E-state index contributed by atoms with van der Waals surface area (Å²) in [6, 6.07) is 0.635. The van der Waals surface area contributed by atoms with E-state index in [0.29, 0.717) is 6.04 Å². The molecule has 4 nitrogen and oxygen atoms in total. The van der Waals surface area contributed by atoms with Crippen molar-refractivity contribution in [3.8, 4) is 0 Å². The molecule has 1 heterocycles. The van der Waals surface area contributed by atoms with Gasteiger partial charge in [0.05, 0.1) is 12.2 Å². The lowest BCUT2D eigenvalue weighted by Crippen LogP contribution is -2.27. The molecular formula is C14H27N3O. The molecule has 0 amide bonds. The number of hydrogen-bond acceptors (Lipinski definition) is 4. The molecule has 1 aromatic rings. The van der Waals surface area contributed by atoms with E-state index < -0.39 is 0 Å². The van der Waals surface area contributed by atoms with Gasteiger partial charge in [-0.15, -0.1) is 0 Å². The van der Waals surface area contributed by atoms with Gasteiger partial charge in [0.2, 0.25) is 5.89 Å². The number of rotatable bonds is 8. The van der Waals surface area contributed by atoms with E-state index in [1.54, 1.807) is 0 Å². The third-order valence-electron chi connectivity index (χ3n) is 3.34. The summed E-state index contributed by atoms with van der Waals surface area (Å²) in [6.45, 7) is 11.3. The minimum absolute atomic E-state index is 0.635. The van der Waals surface area contributed by atoms with Crippen LogP contribution in [0.2, 0.25) is 0 Å². The molecule has 0 aliphatic rings. The lowest BCUT2D eigenvalue weighted by Gasteiger charge is -2.20. The summed E-state index contributed by atoms with van der Waals surface area (Å²) in [7, 11) is 2.18. The fraction of sp³-hybridized carbons (Fsp3) is 0.786. The van der Waals surface area contributed by atoms with Gasteiger partial charge in [0.15, 0.2) is 0 Å². The normalized spacial score (nSPS) is 11.7. The first-order chi connectivity index (χ1) is 8.50. The molecule has 0 radical (unpaired) electrons. The Kier molecular flexibility index (Phi) is 6.36. The van der Waals surface area contributed by atoms with E-state index in [0.717, 1.165) is 37.0 Å². The first kappa shape index (κ1) is 15.2. The van der Waals surface area contributed by atoms with Crippen LogP contribution in [-0.4, -0.2) is 36.1 Å². The van der Waals surface area contributed by atoms with Crippen molar-refractivity contribution in [3.63, 3.8) is 0 Å². The Bertz CT molecular complexity index is 327. The number of unbranched alkanes of at least 4 members (excludes halogenated alkanes) is 1. The van der Waals surface area contributed by atoms with E-state index in [4.69, 9.17) is 4.42 Å². The molecule has 0 aliphatic carbocycles. The molecular weight excluding hydrogens is 226 g/mol. The van der Waals surface area contributed by atoms with E-state index in [9.17, 15) is 0 Å². The third kappa shape index (κ3) is 5.19. The van der Waals surface area contributed by atoms with Crippen LogP contribution in [0.4, 0.5) is 0 Å². The molecule has 0 atom stereocenters. The van der Waals surface area contributed by atoms with Gasteiger partial charge in [0, 0.05) is 6.04 Å². The molecule has 0 fully saturated rings. The van der Waals surface area contributed by atoms with Gasteiger partial charge in [-0.05, 0) is 60.7 Å². The number of aryl methyl sites for hydroxylation is 2. The highest BCUT2D eigenvalue weighted by atomic mass is 16.4. The number of hydrogen-bond donors (Lipinski definition) is 1. The van der Waals surface area contributed by atoms with Crippen LogP contribution in [0, 0.1) is 13.8 Å². The van der Waals surface area contributed by atoms with Crippen LogP contribution in [0.15, 0.2) is 4.42 Å². The Balaban J connectivity index is 2.05. The standard InChI is InChI=1S/C14H27N3O/c1-11(2)17(5)9-7-6-8-15-10-14-16-12(3)13(4)18-14/h11,15H,6-10H2,1-5H3. The number of aromatic nitrogens is 1. The van der Waals surface area contributed by atoms with E-state index >= 15 is 0 Å². The van der Waals surface area contributed by atoms with E-state index in [-0.39, 0.29) is 0 Å². The molecule has 0 saturated carbocycles. The second kappa shape index (κ2) is 7.54. The SMILES string of the molecule is Cc1nc(CNCCCCN(C)C(C)C)oc1C. The first-order valence-corrected chi connectivity index (χ1v) is 6.84. The monoisotopic (exact) mass is 253 g/mol. The molecule has 18 heavy (non-hydrogen) atoms. The summed E-state index contributed by atoms with van der Waals surface area (Å²) in [5.74, 6) is 1.72. The maximum atomic E-state index is 5.51. The number of oxazole rings is 1. The van der Waals surface area contributed by atoms with Crippen LogP contribution >= 0.6 is 0 Å². The summed E-state index contributed by atoms with van der Waals surface area (Å²) in [5, 5.41) is 3.37. The second-order valence-corrected chi connectivity index (χ2v) is 5.21. The van der Waals surface area contributed by atoms with E-state index in [1.807, 2.05) is 13.8 Å². The van der Waals surface area contributed by atoms with E-state index in [1.165, 1.54) is 12.8 Å². The van der Waals surface area contributed by atoms with Crippen molar-refractivity contribution in [2.45, 2.75) is 53.1 Å². The molecule has 1 rings (SSSR count). The maximum Gasteiger partial charge on any atom is 0.208 e. The first-order valence-electron chi connectivity index (χ1n) is 6.84. The predicted molar refractivity (Wildman–Crippen MR) is 74.7 cm³/mol. The van der Waals surface area contributed by atoms with Gasteiger partial charge >= 0.3 is 0 Å². The van der Waals surface area contributed by atoms with Gasteiger partial charge in [-0.25, -0.2) is 4.98 Å². The average Bonchev–Trinajstić information content (AvgIpc) is 2.62. The number of nitrogens with zero attached hydrogens (tertiary/aromatic N) is 2. The smallest absolute Gasteiger partial charge is 0.208 e. The topological polar surface area (TPSA) is 41.3 Å². The van der Waals surface area contributed by atoms with Crippen molar-refractivity contribution in [3.05, 3.63) is 17.3 Å². The zero-order chi connectivity index (χ0) is 13.5. The van der Waals surface area contributed by atoms with Crippen LogP contribution < -0.4 is 5.32 Å². The van der Waals surface area contributed by atoms with Gasteiger partial charge in [0.25, 0.3) is 0 Å².